The number of ketones is 2. The fraction of sp³-hybridized carbons (Fsp3) is 0.553. The van der Waals surface area contributed by atoms with E-state index in [1.54, 1.807) is 19.1 Å². The molecule has 1 saturated carbocycles. The lowest BCUT2D eigenvalue weighted by Crippen LogP contribution is -2.72. The number of ether oxygens (including phenoxy) is 5. The molecule has 3 aliphatic carbocycles. The molecule has 4 bridgehead atoms. The number of Topliss-reactive ketones (excluding diaryl/α,β-unsaturated/α-hetero) is 2. The van der Waals surface area contributed by atoms with Gasteiger partial charge in [0.05, 0.1) is 22.9 Å². The van der Waals surface area contributed by atoms with Crippen LogP contribution in [0.5, 0.6) is 17.2 Å². The van der Waals surface area contributed by atoms with E-state index in [9.17, 15) is 19.5 Å². The SMILES string of the molecule is CC(C)=CCC[C@@]1(C)C=Cc2c(O)c3c(c(CC4OC4(C)C)c2O1)O[C@]12C(=C[C@@H]4CC1C(C)(C)O[C@]2(C/C=C(/C)OC=O)C4=O)C3=O. The number of aromatic hydroxyl groups is 1. The first-order valence-corrected chi connectivity index (χ1v) is 16.6. The number of phenolic OH excluding ortho intramolecular Hbond substituents is 1. The van der Waals surface area contributed by atoms with Gasteiger partial charge in [0.2, 0.25) is 0 Å². The lowest BCUT2D eigenvalue weighted by molar-refractivity contribution is -0.171. The summed E-state index contributed by atoms with van der Waals surface area (Å²) in [4.78, 5) is 40.3. The van der Waals surface area contributed by atoms with Crippen LogP contribution in [0.25, 0.3) is 6.08 Å². The van der Waals surface area contributed by atoms with Gasteiger partial charge >= 0.3 is 0 Å². The fourth-order valence-electron chi connectivity index (χ4n) is 8.70. The van der Waals surface area contributed by atoms with Crippen LogP contribution in [-0.2, 0) is 30.2 Å². The zero-order chi connectivity index (χ0) is 33.9. The second kappa shape index (κ2) is 10.2. The van der Waals surface area contributed by atoms with Crippen molar-refractivity contribution in [1.29, 1.82) is 0 Å². The van der Waals surface area contributed by atoms with Gasteiger partial charge in [0.15, 0.2) is 22.8 Å². The number of benzene rings is 1. The summed E-state index contributed by atoms with van der Waals surface area (Å²) >= 11 is 0. The highest BCUT2D eigenvalue weighted by Crippen LogP contribution is 2.69. The number of carbonyl (C=O) groups excluding carboxylic acids is 3. The molecule has 2 unspecified atom stereocenters. The van der Waals surface area contributed by atoms with Crippen LogP contribution >= 0.6 is 0 Å². The Morgan fingerprint density at radius 3 is 2.43 bits per heavy atom. The number of hydrogen-bond donors (Lipinski definition) is 1. The van der Waals surface area contributed by atoms with Crippen LogP contribution < -0.4 is 9.47 Å². The van der Waals surface area contributed by atoms with Gasteiger partial charge in [0.1, 0.15) is 34.2 Å². The lowest BCUT2D eigenvalue weighted by Gasteiger charge is -2.56. The number of fused-ring (bicyclic) bond motifs is 2. The molecule has 9 nitrogen and oxygen atoms in total. The van der Waals surface area contributed by atoms with Crippen LogP contribution in [0.2, 0.25) is 0 Å². The average molecular weight is 645 g/mol. The molecule has 3 fully saturated rings. The number of phenols is 1. The molecule has 1 aromatic carbocycles. The molecular formula is C38H44O9. The summed E-state index contributed by atoms with van der Waals surface area (Å²) in [6.07, 6.45) is 11.5. The summed E-state index contributed by atoms with van der Waals surface area (Å²) in [6.45, 7) is 16.0. The maximum absolute atomic E-state index is 14.8. The highest BCUT2D eigenvalue weighted by Gasteiger charge is 2.81. The fourth-order valence-corrected chi connectivity index (χ4v) is 8.70. The third-order valence-electron chi connectivity index (χ3n) is 11.2. The minimum Gasteiger partial charge on any atom is -0.506 e. The molecule has 6 atom stereocenters. The van der Waals surface area contributed by atoms with E-state index >= 15 is 0 Å². The average Bonchev–Trinajstić information content (AvgIpc) is 3.55. The summed E-state index contributed by atoms with van der Waals surface area (Å²) in [5, 5.41) is 11.8. The molecule has 1 N–H and O–H groups in total. The smallest absolute Gasteiger partial charge is 0.298 e. The third kappa shape index (κ3) is 4.45. The zero-order valence-electron chi connectivity index (χ0n) is 28.4. The number of allylic oxidation sites excluding steroid dienone is 4. The largest absolute Gasteiger partial charge is 0.506 e. The molecule has 1 spiro atoms. The Hall–Kier alpha value is -3.69. The van der Waals surface area contributed by atoms with E-state index in [2.05, 4.69) is 19.9 Å². The number of rotatable bonds is 9. The molecule has 8 rings (SSSR count). The predicted octanol–water partition coefficient (Wildman–Crippen LogP) is 6.50. The molecule has 0 amide bonds. The number of epoxide rings is 1. The van der Waals surface area contributed by atoms with Crippen molar-refractivity contribution in [3.05, 3.63) is 57.9 Å². The summed E-state index contributed by atoms with van der Waals surface area (Å²) in [5.74, 6) is -0.691. The molecule has 4 heterocycles. The van der Waals surface area contributed by atoms with Crippen molar-refractivity contribution >= 4 is 24.1 Å². The van der Waals surface area contributed by atoms with Crippen LogP contribution in [0.15, 0.2) is 41.2 Å². The van der Waals surface area contributed by atoms with Gasteiger partial charge in [-0.25, -0.2) is 0 Å². The van der Waals surface area contributed by atoms with Crippen molar-refractivity contribution in [2.24, 2.45) is 11.8 Å². The second-order valence-corrected chi connectivity index (χ2v) is 15.5. The van der Waals surface area contributed by atoms with E-state index in [1.807, 2.05) is 46.8 Å². The van der Waals surface area contributed by atoms with Crippen LogP contribution in [0.1, 0.15) is 103 Å². The van der Waals surface area contributed by atoms with E-state index < -0.39 is 28.3 Å². The molecule has 2 saturated heterocycles. The molecule has 0 aromatic heterocycles. The van der Waals surface area contributed by atoms with E-state index in [0.29, 0.717) is 53.9 Å². The van der Waals surface area contributed by atoms with Crippen molar-refractivity contribution in [2.45, 2.75) is 122 Å². The van der Waals surface area contributed by atoms with Gasteiger partial charge in [-0.15, -0.1) is 0 Å². The normalized spacial score (nSPS) is 34.8. The first-order chi connectivity index (χ1) is 22.0. The van der Waals surface area contributed by atoms with Gasteiger partial charge in [-0.3, -0.25) is 14.4 Å². The van der Waals surface area contributed by atoms with Crippen molar-refractivity contribution in [3.8, 4) is 17.2 Å². The quantitative estimate of drug-likeness (QED) is 0.139. The van der Waals surface area contributed by atoms with Gasteiger partial charge in [0.25, 0.3) is 6.47 Å². The van der Waals surface area contributed by atoms with E-state index in [4.69, 9.17) is 23.7 Å². The second-order valence-electron chi connectivity index (χ2n) is 15.5. The summed E-state index contributed by atoms with van der Waals surface area (Å²) < 4.78 is 31.9. The molecule has 0 radical (unpaired) electrons. The Labute approximate surface area is 275 Å². The van der Waals surface area contributed by atoms with Crippen molar-refractivity contribution in [3.63, 3.8) is 0 Å². The number of hydrogen-bond acceptors (Lipinski definition) is 9. The highest BCUT2D eigenvalue weighted by molar-refractivity contribution is 6.19. The van der Waals surface area contributed by atoms with Gasteiger partial charge < -0.3 is 28.8 Å². The van der Waals surface area contributed by atoms with Crippen LogP contribution in [0.4, 0.5) is 0 Å². The van der Waals surface area contributed by atoms with Gasteiger partial charge in [-0.2, -0.15) is 0 Å². The molecule has 7 aliphatic rings. The first kappa shape index (κ1) is 31.9. The van der Waals surface area contributed by atoms with Crippen molar-refractivity contribution < 1.29 is 43.2 Å². The topological polar surface area (TPSA) is 121 Å². The summed E-state index contributed by atoms with van der Waals surface area (Å²) in [7, 11) is 0. The minimum atomic E-state index is -1.56. The lowest BCUT2D eigenvalue weighted by atomic mass is 9.51. The Bertz CT molecular complexity index is 1740. The summed E-state index contributed by atoms with van der Waals surface area (Å²) in [5.41, 5.74) is -2.26. The van der Waals surface area contributed by atoms with Gasteiger partial charge in [0, 0.05) is 35.8 Å². The monoisotopic (exact) mass is 644 g/mol. The Balaban J connectivity index is 1.43. The molecule has 4 aliphatic heterocycles. The van der Waals surface area contributed by atoms with E-state index in [1.165, 1.54) is 5.57 Å². The first-order valence-electron chi connectivity index (χ1n) is 16.6. The maximum atomic E-state index is 14.8. The van der Waals surface area contributed by atoms with Crippen LogP contribution in [0.3, 0.4) is 0 Å². The Kier molecular flexibility index (Phi) is 6.89. The molecule has 47 heavy (non-hydrogen) atoms. The van der Waals surface area contributed by atoms with Gasteiger partial charge in [-0.05, 0) is 92.9 Å². The maximum Gasteiger partial charge on any atom is 0.298 e. The van der Waals surface area contributed by atoms with Gasteiger partial charge in [-0.1, -0.05) is 17.7 Å². The zero-order valence-corrected chi connectivity index (χ0v) is 28.4. The molecule has 1 aromatic rings. The predicted molar refractivity (Wildman–Crippen MR) is 173 cm³/mol. The number of carbonyl (C=O) groups is 3. The van der Waals surface area contributed by atoms with Crippen molar-refractivity contribution in [1.82, 2.24) is 0 Å². The molecule has 9 heteroatoms. The Morgan fingerprint density at radius 1 is 1.04 bits per heavy atom. The van der Waals surface area contributed by atoms with Crippen LogP contribution in [0, 0.1) is 11.8 Å². The molecule has 250 valence electrons. The van der Waals surface area contributed by atoms with E-state index in [0.717, 1.165) is 6.42 Å². The summed E-state index contributed by atoms with van der Waals surface area (Å²) in [6, 6.07) is 0. The van der Waals surface area contributed by atoms with Crippen LogP contribution in [-0.4, -0.2) is 57.3 Å². The standard InChI is InChI=1S/C38H44O9/c1-20(2)10-9-13-36(8)14-12-23-29(40)28-30(41)25-16-22-17-26-34(4,5)47-37(33(22)42,15-11-21(3)43-19-39)38(25,26)46-32(28)24(31(23)45-36)18-27-35(6,7)44-27/h10-12,14,16,19,22,26-27,40H,9,13,15,17-18H2,1-8H3/b21-11-/t22-,26?,27?,36+,37-,38-/m1/s1. The highest BCUT2D eigenvalue weighted by atomic mass is 16.6. The Morgan fingerprint density at radius 2 is 1.77 bits per heavy atom. The molecular weight excluding hydrogens is 600 g/mol. The van der Waals surface area contributed by atoms with E-state index in [-0.39, 0.29) is 52.7 Å². The minimum absolute atomic E-state index is 0.0363. The van der Waals surface area contributed by atoms with Crippen molar-refractivity contribution in [2.75, 3.05) is 0 Å². The third-order valence-corrected chi connectivity index (χ3v) is 11.2.